The molecule has 5 nitrogen and oxygen atoms in total. The van der Waals surface area contributed by atoms with E-state index >= 15 is 0 Å². The van der Waals surface area contributed by atoms with E-state index < -0.39 is 0 Å². The summed E-state index contributed by atoms with van der Waals surface area (Å²) in [4.78, 5) is 16.0. The summed E-state index contributed by atoms with van der Waals surface area (Å²) in [6.07, 6.45) is 3.49. The van der Waals surface area contributed by atoms with Gasteiger partial charge in [-0.25, -0.2) is 0 Å². The highest BCUT2D eigenvalue weighted by molar-refractivity contribution is 5.91. The molecular weight excluding hydrogens is 352 g/mol. The molecule has 0 atom stereocenters. The molecule has 1 saturated heterocycles. The molecule has 28 heavy (non-hydrogen) atoms. The summed E-state index contributed by atoms with van der Waals surface area (Å²) in [6, 6.07) is 16.2. The summed E-state index contributed by atoms with van der Waals surface area (Å²) in [6.45, 7) is 7.06. The van der Waals surface area contributed by atoms with Crippen molar-refractivity contribution < 1.29 is 19.2 Å². The van der Waals surface area contributed by atoms with E-state index in [1.165, 1.54) is 10.5 Å². The van der Waals surface area contributed by atoms with Gasteiger partial charge in [0.25, 0.3) is 0 Å². The maximum absolute atomic E-state index is 12.5. The number of carbonyl (C=O) groups is 1. The van der Waals surface area contributed by atoms with Crippen LogP contribution in [0.2, 0.25) is 0 Å². The average Bonchev–Trinajstić information content (AvgIpc) is 2.74. The van der Waals surface area contributed by atoms with Gasteiger partial charge in [-0.2, -0.15) is 0 Å². The third-order valence-electron chi connectivity index (χ3n) is 4.99. The first-order valence-corrected chi connectivity index (χ1v) is 9.85. The number of piperazine rings is 1. The van der Waals surface area contributed by atoms with Gasteiger partial charge in [-0.15, -0.1) is 0 Å². The number of amides is 1. The summed E-state index contributed by atoms with van der Waals surface area (Å²) in [7, 11) is 1.62. The van der Waals surface area contributed by atoms with Crippen molar-refractivity contribution in [3.8, 4) is 11.5 Å². The number of quaternary nitrogens is 1. The Kier molecular flexibility index (Phi) is 7.09. The molecule has 1 amide bonds. The molecule has 0 saturated carbocycles. The van der Waals surface area contributed by atoms with Crippen LogP contribution in [0.25, 0.3) is 6.08 Å². The fourth-order valence-electron chi connectivity index (χ4n) is 3.44. The predicted molar refractivity (Wildman–Crippen MR) is 111 cm³/mol. The molecule has 3 rings (SSSR count). The Labute approximate surface area is 167 Å². The molecular formula is C23H29N2O3+. The van der Waals surface area contributed by atoms with E-state index in [0.717, 1.165) is 38.3 Å². The molecule has 0 radical (unpaired) electrons. The summed E-state index contributed by atoms with van der Waals surface area (Å²) < 4.78 is 10.9. The Hall–Kier alpha value is -2.79. The lowest BCUT2D eigenvalue weighted by atomic mass is 10.1. The van der Waals surface area contributed by atoms with Gasteiger partial charge >= 0.3 is 0 Å². The Morgan fingerprint density at radius 1 is 1.11 bits per heavy atom. The van der Waals surface area contributed by atoms with E-state index in [-0.39, 0.29) is 5.91 Å². The van der Waals surface area contributed by atoms with Gasteiger partial charge in [0.2, 0.25) is 5.91 Å². The highest BCUT2D eigenvalue weighted by Gasteiger charge is 2.22. The second-order valence-corrected chi connectivity index (χ2v) is 6.91. The van der Waals surface area contributed by atoms with E-state index in [1.54, 1.807) is 13.2 Å². The van der Waals surface area contributed by atoms with E-state index in [1.807, 2.05) is 42.2 Å². The topological polar surface area (TPSA) is 43.2 Å². The van der Waals surface area contributed by atoms with Crippen molar-refractivity contribution in [2.75, 3.05) is 39.9 Å². The SMILES string of the molecule is CCOc1cc(/C=C/C(=O)N2CC[NH+](Cc3ccccc3)CC2)ccc1OC. The lowest BCUT2D eigenvalue weighted by molar-refractivity contribution is -0.917. The molecule has 1 heterocycles. The Morgan fingerprint density at radius 2 is 1.86 bits per heavy atom. The smallest absolute Gasteiger partial charge is 0.246 e. The lowest BCUT2D eigenvalue weighted by Gasteiger charge is -2.31. The standard InChI is InChI=1S/C23H28N2O3/c1-3-28-22-17-19(9-11-21(22)27-2)10-12-23(26)25-15-13-24(14-16-25)18-20-7-5-4-6-8-20/h4-12,17H,3,13-16,18H2,1-2H3/p+1/b12-10+. The Morgan fingerprint density at radius 3 is 2.54 bits per heavy atom. The maximum atomic E-state index is 12.5. The van der Waals surface area contributed by atoms with Crippen LogP contribution in [0.4, 0.5) is 0 Å². The molecule has 1 aliphatic heterocycles. The average molecular weight is 381 g/mol. The number of methoxy groups -OCH3 is 1. The van der Waals surface area contributed by atoms with Gasteiger partial charge < -0.3 is 19.3 Å². The fraction of sp³-hybridized carbons (Fsp3) is 0.348. The normalized spacial score (nSPS) is 15.0. The number of rotatable bonds is 7. The van der Waals surface area contributed by atoms with Gasteiger partial charge in [-0.05, 0) is 30.7 Å². The van der Waals surface area contributed by atoms with Crippen molar-refractivity contribution in [1.82, 2.24) is 4.90 Å². The summed E-state index contributed by atoms with van der Waals surface area (Å²) >= 11 is 0. The zero-order valence-electron chi connectivity index (χ0n) is 16.7. The second-order valence-electron chi connectivity index (χ2n) is 6.91. The molecule has 0 bridgehead atoms. The number of nitrogens with one attached hydrogen (secondary N) is 1. The zero-order chi connectivity index (χ0) is 19.8. The molecule has 1 N–H and O–H groups in total. The van der Waals surface area contributed by atoms with Crippen LogP contribution in [0.15, 0.2) is 54.6 Å². The highest BCUT2D eigenvalue weighted by Crippen LogP contribution is 2.28. The quantitative estimate of drug-likeness (QED) is 0.747. The van der Waals surface area contributed by atoms with Gasteiger partial charge in [0.15, 0.2) is 11.5 Å². The Balaban J connectivity index is 1.53. The molecule has 0 aliphatic carbocycles. The zero-order valence-corrected chi connectivity index (χ0v) is 16.7. The summed E-state index contributed by atoms with van der Waals surface area (Å²) in [5.41, 5.74) is 2.27. The van der Waals surface area contributed by atoms with E-state index in [2.05, 4.69) is 24.3 Å². The van der Waals surface area contributed by atoms with E-state index in [0.29, 0.717) is 18.1 Å². The minimum atomic E-state index is 0.0625. The molecule has 2 aromatic rings. The van der Waals surface area contributed by atoms with Crippen LogP contribution >= 0.6 is 0 Å². The molecule has 0 aromatic heterocycles. The van der Waals surface area contributed by atoms with Crippen LogP contribution < -0.4 is 14.4 Å². The molecule has 1 fully saturated rings. The lowest BCUT2D eigenvalue weighted by Crippen LogP contribution is -3.13. The predicted octanol–water partition coefficient (Wildman–Crippen LogP) is 2.03. The van der Waals surface area contributed by atoms with Crippen molar-refractivity contribution >= 4 is 12.0 Å². The largest absolute Gasteiger partial charge is 0.493 e. The number of ether oxygens (including phenoxy) is 2. The van der Waals surface area contributed by atoms with Gasteiger partial charge in [-0.1, -0.05) is 36.4 Å². The maximum Gasteiger partial charge on any atom is 0.246 e. The minimum absolute atomic E-state index is 0.0625. The first-order chi connectivity index (χ1) is 13.7. The van der Waals surface area contributed by atoms with Crippen molar-refractivity contribution in [2.24, 2.45) is 0 Å². The minimum Gasteiger partial charge on any atom is -0.493 e. The monoisotopic (exact) mass is 381 g/mol. The van der Waals surface area contributed by atoms with Gasteiger partial charge in [0.05, 0.1) is 39.9 Å². The van der Waals surface area contributed by atoms with Crippen LogP contribution in [0.1, 0.15) is 18.1 Å². The molecule has 148 valence electrons. The fourth-order valence-corrected chi connectivity index (χ4v) is 3.44. The molecule has 0 unspecified atom stereocenters. The van der Waals surface area contributed by atoms with Crippen LogP contribution in [0.3, 0.4) is 0 Å². The van der Waals surface area contributed by atoms with Crippen molar-refractivity contribution in [1.29, 1.82) is 0 Å². The Bertz CT molecular complexity index is 797. The van der Waals surface area contributed by atoms with Gasteiger partial charge in [-0.3, -0.25) is 4.79 Å². The third-order valence-corrected chi connectivity index (χ3v) is 4.99. The van der Waals surface area contributed by atoms with Gasteiger partial charge in [0.1, 0.15) is 6.54 Å². The van der Waals surface area contributed by atoms with Gasteiger partial charge in [0, 0.05) is 11.6 Å². The first kappa shape index (κ1) is 20.0. The number of benzene rings is 2. The van der Waals surface area contributed by atoms with Crippen molar-refractivity contribution in [2.45, 2.75) is 13.5 Å². The third kappa shape index (κ3) is 5.36. The summed E-state index contributed by atoms with van der Waals surface area (Å²) in [5, 5.41) is 0. The number of hydrogen-bond acceptors (Lipinski definition) is 3. The van der Waals surface area contributed by atoms with E-state index in [4.69, 9.17) is 9.47 Å². The van der Waals surface area contributed by atoms with Crippen LogP contribution in [-0.2, 0) is 11.3 Å². The van der Waals surface area contributed by atoms with Crippen LogP contribution in [0, 0.1) is 0 Å². The molecule has 2 aromatic carbocycles. The summed E-state index contributed by atoms with van der Waals surface area (Å²) in [5.74, 6) is 1.45. The van der Waals surface area contributed by atoms with Crippen molar-refractivity contribution in [3.63, 3.8) is 0 Å². The molecule has 5 heteroatoms. The molecule has 0 spiro atoms. The first-order valence-electron chi connectivity index (χ1n) is 9.85. The van der Waals surface area contributed by atoms with Crippen molar-refractivity contribution in [3.05, 3.63) is 65.7 Å². The number of hydrogen-bond donors (Lipinski definition) is 1. The second kappa shape index (κ2) is 9.95. The molecule has 1 aliphatic rings. The number of nitrogens with zero attached hydrogens (tertiary/aromatic N) is 1. The number of carbonyl (C=O) groups excluding carboxylic acids is 1. The van der Waals surface area contributed by atoms with E-state index in [9.17, 15) is 4.79 Å². The highest BCUT2D eigenvalue weighted by atomic mass is 16.5. The van der Waals surface area contributed by atoms with Crippen LogP contribution in [-0.4, -0.2) is 50.7 Å². The van der Waals surface area contributed by atoms with Crippen LogP contribution in [0.5, 0.6) is 11.5 Å².